The second kappa shape index (κ2) is 9.60. The van der Waals surface area contributed by atoms with Crippen molar-refractivity contribution in [3.8, 4) is 11.3 Å². The molecular formula is C28H24ClN5O. The molecule has 3 aromatic carbocycles. The van der Waals surface area contributed by atoms with Crippen molar-refractivity contribution >= 4 is 34.7 Å². The van der Waals surface area contributed by atoms with E-state index in [1.54, 1.807) is 24.3 Å². The van der Waals surface area contributed by atoms with Crippen LogP contribution in [-0.2, 0) is 6.54 Å². The zero-order valence-corrected chi connectivity index (χ0v) is 20.2. The Morgan fingerprint density at radius 3 is 2.60 bits per heavy atom. The number of aryl methyl sites for hydroxylation is 2. The number of anilines is 2. The highest BCUT2D eigenvalue weighted by Crippen LogP contribution is 2.26. The molecule has 0 aliphatic rings. The third kappa shape index (κ3) is 4.88. The van der Waals surface area contributed by atoms with Gasteiger partial charge in [0.1, 0.15) is 5.82 Å². The fourth-order valence-electron chi connectivity index (χ4n) is 3.98. The molecule has 0 aliphatic heterocycles. The van der Waals surface area contributed by atoms with Crippen LogP contribution in [0.25, 0.3) is 16.9 Å². The van der Waals surface area contributed by atoms with Gasteiger partial charge in [-0.1, -0.05) is 54.1 Å². The standard InChI is InChI=1S/C28H24ClN5O/c1-18-7-3-4-12-24(18)25-15-26(34-27(33-25)19(2)16-31-34)30-17-20-8-5-11-23(13-20)32-28(35)21-9-6-10-22(29)14-21/h3-16,30H,17H2,1-2H3,(H,32,35). The van der Waals surface area contributed by atoms with Gasteiger partial charge in [0.25, 0.3) is 5.91 Å². The molecule has 35 heavy (non-hydrogen) atoms. The van der Waals surface area contributed by atoms with Gasteiger partial charge < -0.3 is 10.6 Å². The number of hydrogen-bond acceptors (Lipinski definition) is 4. The normalized spacial score (nSPS) is 10.9. The maximum Gasteiger partial charge on any atom is 0.255 e. The molecule has 0 saturated carbocycles. The summed E-state index contributed by atoms with van der Waals surface area (Å²) in [6.45, 7) is 4.64. The van der Waals surface area contributed by atoms with Crippen molar-refractivity contribution in [2.24, 2.45) is 0 Å². The molecule has 2 heterocycles. The molecule has 0 spiro atoms. The third-order valence-electron chi connectivity index (χ3n) is 5.81. The SMILES string of the molecule is Cc1ccccc1-c1cc(NCc2cccc(NC(=O)c3cccc(Cl)c3)c2)n2ncc(C)c2n1. The molecule has 2 N–H and O–H groups in total. The van der Waals surface area contributed by atoms with Gasteiger partial charge in [-0.25, -0.2) is 4.98 Å². The summed E-state index contributed by atoms with van der Waals surface area (Å²) in [7, 11) is 0. The van der Waals surface area contributed by atoms with Crippen LogP contribution in [0.15, 0.2) is 85.1 Å². The molecule has 174 valence electrons. The molecule has 6 nitrogen and oxygen atoms in total. The first-order chi connectivity index (χ1) is 17.0. The summed E-state index contributed by atoms with van der Waals surface area (Å²) in [5.41, 5.74) is 7.21. The van der Waals surface area contributed by atoms with Crippen molar-refractivity contribution in [3.63, 3.8) is 0 Å². The van der Waals surface area contributed by atoms with Gasteiger partial charge in [0.05, 0.1) is 11.9 Å². The molecule has 1 amide bonds. The minimum Gasteiger partial charge on any atom is -0.366 e. The van der Waals surface area contributed by atoms with Crippen molar-refractivity contribution in [2.45, 2.75) is 20.4 Å². The van der Waals surface area contributed by atoms with E-state index in [2.05, 4.69) is 34.8 Å². The third-order valence-corrected chi connectivity index (χ3v) is 6.05. The molecule has 2 aromatic heterocycles. The molecule has 0 bridgehead atoms. The van der Waals surface area contributed by atoms with Crippen LogP contribution in [0.2, 0.25) is 5.02 Å². The lowest BCUT2D eigenvalue weighted by molar-refractivity contribution is 0.102. The first kappa shape index (κ1) is 22.6. The summed E-state index contributed by atoms with van der Waals surface area (Å²) in [5, 5.41) is 11.5. The molecule has 5 aromatic rings. The van der Waals surface area contributed by atoms with E-state index in [0.717, 1.165) is 39.4 Å². The average Bonchev–Trinajstić information content (AvgIpc) is 3.24. The van der Waals surface area contributed by atoms with Gasteiger partial charge in [-0.2, -0.15) is 9.61 Å². The van der Waals surface area contributed by atoms with Gasteiger partial charge in [0, 0.05) is 40.0 Å². The first-order valence-electron chi connectivity index (χ1n) is 11.3. The number of carbonyl (C=O) groups excluding carboxylic acids is 1. The maximum absolute atomic E-state index is 12.6. The second-order valence-electron chi connectivity index (χ2n) is 8.42. The summed E-state index contributed by atoms with van der Waals surface area (Å²) in [6, 6.07) is 24.9. The molecule has 7 heteroatoms. The lowest BCUT2D eigenvalue weighted by Gasteiger charge is -2.13. The van der Waals surface area contributed by atoms with Crippen LogP contribution in [0.5, 0.6) is 0 Å². The zero-order valence-electron chi connectivity index (χ0n) is 19.4. The van der Waals surface area contributed by atoms with Gasteiger partial charge in [0.2, 0.25) is 0 Å². The fraction of sp³-hybridized carbons (Fsp3) is 0.107. The number of hydrogen-bond donors (Lipinski definition) is 2. The number of halogens is 1. The quantitative estimate of drug-likeness (QED) is 0.289. The van der Waals surface area contributed by atoms with Crippen LogP contribution < -0.4 is 10.6 Å². The number of rotatable bonds is 6. The van der Waals surface area contributed by atoms with E-state index in [4.69, 9.17) is 16.6 Å². The fourth-order valence-corrected chi connectivity index (χ4v) is 4.17. The van der Waals surface area contributed by atoms with Gasteiger partial charge in [-0.05, 0) is 55.3 Å². The monoisotopic (exact) mass is 481 g/mol. The maximum atomic E-state index is 12.6. The van der Waals surface area contributed by atoms with Crippen molar-refractivity contribution in [3.05, 3.63) is 112 Å². The van der Waals surface area contributed by atoms with Crippen LogP contribution in [0, 0.1) is 13.8 Å². The Morgan fingerprint density at radius 2 is 1.77 bits per heavy atom. The number of amides is 1. The lowest BCUT2D eigenvalue weighted by atomic mass is 10.1. The molecule has 0 unspecified atom stereocenters. The molecular weight excluding hydrogens is 458 g/mol. The predicted octanol–water partition coefficient (Wildman–Crippen LogP) is 6.53. The smallest absolute Gasteiger partial charge is 0.255 e. The second-order valence-corrected chi connectivity index (χ2v) is 8.86. The molecule has 0 radical (unpaired) electrons. The summed E-state index contributed by atoms with van der Waals surface area (Å²) >= 11 is 6.02. The van der Waals surface area contributed by atoms with Gasteiger partial charge in [-0.3, -0.25) is 4.79 Å². The molecule has 5 rings (SSSR count). The number of fused-ring (bicyclic) bond motifs is 1. The summed E-state index contributed by atoms with van der Waals surface area (Å²) in [4.78, 5) is 17.5. The van der Waals surface area contributed by atoms with Crippen molar-refractivity contribution < 1.29 is 4.79 Å². The highest BCUT2D eigenvalue weighted by molar-refractivity contribution is 6.31. The van der Waals surface area contributed by atoms with E-state index < -0.39 is 0 Å². The minimum absolute atomic E-state index is 0.205. The number of benzene rings is 3. The predicted molar refractivity (Wildman–Crippen MR) is 141 cm³/mol. The Kier molecular flexibility index (Phi) is 6.21. The summed E-state index contributed by atoms with van der Waals surface area (Å²) < 4.78 is 1.82. The Bertz CT molecular complexity index is 1540. The van der Waals surface area contributed by atoms with Crippen LogP contribution in [-0.4, -0.2) is 20.5 Å². The van der Waals surface area contributed by atoms with Crippen LogP contribution in [0.3, 0.4) is 0 Å². The largest absolute Gasteiger partial charge is 0.366 e. The van der Waals surface area contributed by atoms with E-state index >= 15 is 0 Å². The average molecular weight is 482 g/mol. The molecule has 0 saturated heterocycles. The van der Waals surface area contributed by atoms with Crippen molar-refractivity contribution in [2.75, 3.05) is 10.6 Å². The Morgan fingerprint density at radius 1 is 0.943 bits per heavy atom. The number of carbonyl (C=O) groups is 1. The van der Waals surface area contributed by atoms with Crippen molar-refractivity contribution in [1.29, 1.82) is 0 Å². The Labute approximate surface area is 208 Å². The first-order valence-corrected chi connectivity index (χ1v) is 11.7. The van der Waals surface area contributed by atoms with E-state index in [1.165, 1.54) is 0 Å². The van der Waals surface area contributed by atoms with E-state index in [1.807, 2.05) is 60.1 Å². The highest BCUT2D eigenvalue weighted by Gasteiger charge is 2.12. The lowest BCUT2D eigenvalue weighted by Crippen LogP contribution is -2.12. The number of nitrogens with one attached hydrogen (secondary N) is 2. The van der Waals surface area contributed by atoms with Crippen molar-refractivity contribution in [1.82, 2.24) is 14.6 Å². The zero-order chi connectivity index (χ0) is 24.4. The molecule has 0 atom stereocenters. The van der Waals surface area contributed by atoms with E-state index in [0.29, 0.717) is 22.8 Å². The number of aromatic nitrogens is 3. The van der Waals surface area contributed by atoms with E-state index in [9.17, 15) is 4.79 Å². The molecule has 0 aliphatic carbocycles. The Balaban J connectivity index is 1.39. The van der Waals surface area contributed by atoms with Gasteiger partial charge in [-0.15, -0.1) is 0 Å². The minimum atomic E-state index is -0.205. The van der Waals surface area contributed by atoms with Crippen LogP contribution in [0.4, 0.5) is 11.5 Å². The highest BCUT2D eigenvalue weighted by atomic mass is 35.5. The Hall–Kier alpha value is -4.16. The molecule has 0 fully saturated rings. The van der Waals surface area contributed by atoms with Gasteiger partial charge in [0.15, 0.2) is 5.65 Å². The summed E-state index contributed by atoms with van der Waals surface area (Å²) in [6.07, 6.45) is 1.82. The topological polar surface area (TPSA) is 71.3 Å². The van der Waals surface area contributed by atoms with Crippen LogP contribution >= 0.6 is 11.6 Å². The van der Waals surface area contributed by atoms with Crippen LogP contribution in [0.1, 0.15) is 27.0 Å². The summed E-state index contributed by atoms with van der Waals surface area (Å²) in [5.74, 6) is 0.637. The number of nitrogens with zero attached hydrogens (tertiary/aromatic N) is 3. The van der Waals surface area contributed by atoms with E-state index in [-0.39, 0.29) is 5.91 Å². The van der Waals surface area contributed by atoms with Gasteiger partial charge >= 0.3 is 0 Å².